The lowest BCUT2D eigenvalue weighted by Gasteiger charge is -2.40. The summed E-state index contributed by atoms with van der Waals surface area (Å²) in [7, 11) is 0. The van der Waals surface area contributed by atoms with Crippen LogP contribution in [0.15, 0.2) is 36.5 Å². The highest BCUT2D eigenvalue weighted by molar-refractivity contribution is 5.80. The Bertz CT molecular complexity index is 1410. The van der Waals surface area contributed by atoms with Crippen LogP contribution in [0, 0.1) is 0 Å². The second-order valence-corrected chi connectivity index (χ2v) is 24.6. The van der Waals surface area contributed by atoms with Gasteiger partial charge in [-0.2, -0.15) is 0 Å². The number of ether oxygens (including phenoxy) is 2. The molecule has 0 aromatic carbocycles. The van der Waals surface area contributed by atoms with E-state index in [-0.39, 0.29) is 12.8 Å². The summed E-state index contributed by atoms with van der Waals surface area (Å²) in [5.74, 6) is -0.707. The molecular weight excluding hydrogens is 1010 g/mol. The van der Waals surface area contributed by atoms with Crippen LogP contribution in [0.3, 0.4) is 0 Å². The Balaban J connectivity index is 2.18. The number of allylic oxidation sites excluding steroid dienone is 6. The van der Waals surface area contributed by atoms with Gasteiger partial charge in [-0.25, -0.2) is 0 Å². The van der Waals surface area contributed by atoms with Gasteiger partial charge in [0.25, 0.3) is 0 Å². The predicted molar refractivity (Wildman–Crippen MR) is 339 cm³/mol. The van der Waals surface area contributed by atoms with E-state index in [1.54, 1.807) is 0 Å². The largest absolute Gasteiger partial charge is 0.394 e. The summed E-state index contributed by atoms with van der Waals surface area (Å²) >= 11 is 0. The molecule has 1 heterocycles. The molecule has 1 aliphatic rings. The van der Waals surface area contributed by atoms with Gasteiger partial charge < -0.3 is 50.5 Å². The zero-order valence-corrected chi connectivity index (χ0v) is 52.8. The first-order valence-electron chi connectivity index (χ1n) is 34.9. The van der Waals surface area contributed by atoms with Crippen LogP contribution in [-0.2, 0) is 14.3 Å². The smallest absolute Gasteiger partial charge is 0.249 e. The Morgan fingerprint density at radius 2 is 0.741 bits per heavy atom. The first kappa shape index (κ1) is 77.3. The highest BCUT2D eigenvalue weighted by Gasteiger charge is 2.44. The summed E-state index contributed by atoms with van der Waals surface area (Å²) in [6, 6.07) is -1.19. The molecule has 1 aliphatic heterocycles. The number of hydrogen-bond donors (Lipinski definition) is 8. The van der Waals surface area contributed by atoms with E-state index in [0.717, 1.165) is 44.9 Å². The van der Waals surface area contributed by atoms with Crippen molar-refractivity contribution in [3.8, 4) is 0 Å². The van der Waals surface area contributed by atoms with Crippen molar-refractivity contribution in [2.24, 2.45) is 0 Å². The van der Waals surface area contributed by atoms with E-state index in [9.17, 15) is 40.5 Å². The molecular formula is C70H133NO10. The fourth-order valence-electron chi connectivity index (χ4n) is 11.3. The molecule has 0 saturated carbocycles. The zero-order chi connectivity index (χ0) is 58.9. The number of aliphatic hydroxyl groups is 7. The second kappa shape index (κ2) is 58.7. The van der Waals surface area contributed by atoms with Crippen molar-refractivity contribution in [1.82, 2.24) is 5.32 Å². The van der Waals surface area contributed by atoms with Crippen molar-refractivity contribution in [3.05, 3.63) is 36.5 Å². The van der Waals surface area contributed by atoms with Crippen molar-refractivity contribution in [1.29, 1.82) is 0 Å². The normalized spacial score (nSPS) is 19.3. The molecule has 0 aliphatic carbocycles. The third-order valence-corrected chi connectivity index (χ3v) is 16.9. The Morgan fingerprint density at radius 1 is 0.420 bits per heavy atom. The molecule has 9 atom stereocenters. The van der Waals surface area contributed by atoms with E-state index < -0.39 is 74.2 Å². The van der Waals surface area contributed by atoms with Gasteiger partial charge in [-0.05, 0) is 64.2 Å². The minimum Gasteiger partial charge on any atom is -0.394 e. The lowest BCUT2D eigenvalue weighted by molar-refractivity contribution is -0.303. The van der Waals surface area contributed by atoms with E-state index in [1.165, 1.54) is 244 Å². The number of rotatable bonds is 61. The lowest BCUT2D eigenvalue weighted by atomic mass is 9.98. The molecule has 0 bridgehead atoms. The molecule has 1 fully saturated rings. The fourth-order valence-corrected chi connectivity index (χ4v) is 11.3. The van der Waals surface area contributed by atoms with Gasteiger partial charge >= 0.3 is 0 Å². The molecule has 1 amide bonds. The third kappa shape index (κ3) is 46.3. The minimum absolute atomic E-state index is 0.243. The monoisotopic (exact) mass is 1150 g/mol. The molecule has 478 valence electrons. The van der Waals surface area contributed by atoms with Crippen LogP contribution in [-0.4, -0.2) is 110 Å². The van der Waals surface area contributed by atoms with Gasteiger partial charge in [0.2, 0.25) is 5.91 Å². The molecule has 11 heteroatoms. The van der Waals surface area contributed by atoms with Gasteiger partial charge in [-0.3, -0.25) is 4.79 Å². The van der Waals surface area contributed by atoms with Gasteiger partial charge in [0.1, 0.15) is 36.6 Å². The number of aliphatic hydroxyl groups excluding tert-OH is 7. The minimum atomic E-state index is -1.67. The summed E-state index contributed by atoms with van der Waals surface area (Å²) in [6.07, 6.45) is 63.8. The van der Waals surface area contributed by atoms with Crippen LogP contribution in [0.1, 0.15) is 335 Å². The van der Waals surface area contributed by atoms with Crippen molar-refractivity contribution in [3.63, 3.8) is 0 Å². The molecule has 0 aromatic rings. The Kier molecular flexibility index (Phi) is 56.0. The predicted octanol–water partition coefficient (Wildman–Crippen LogP) is 16.6. The quantitative estimate of drug-likeness (QED) is 0.0215. The Hall–Kier alpha value is -1.67. The third-order valence-electron chi connectivity index (χ3n) is 16.9. The zero-order valence-electron chi connectivity index (χ0n) is 52.8. The maximum atomic E-state index is 13.2. The number of unbranched alkanes of at least 4 members (excludes halogenated alkanes) is 43. The summed E-state index contributed by atoms with van der Waals surface area (Å²) in [5, 5.41) is 76.4. The molecule has 81 heavy (non-hydrogen) atoms. The van der Waals surface area contributed by atoms with E-state index in [4.69, 9.17) is 9.47 Å². The summed E-state index contributed by atoms with van der Waals surface area (Å²) < 4.78 is 11.2. The van der Waals surface area contributed by atoms with Crippen LogP contribution in [0.2, 0.25) is 0 Å². The van der Waals surface area contributed by atoms with Crippen LogP contribution in [0.4, 0.5) is 0 Å². The van der Waals surface area contributed by atoms with Crippen molar-refractivity contribution in [2.75, 3.05) is 13.2 Å². The van der Waals surface area contributed by atoms with Gasteiger partial charge in [0, 0.05) is 0 Å². The van der Waals surface area contributed by atoms with Crippen LogP contribution < -0.4 is 5.32 Å². The first-order valence-corrected chi connectivity index (χ1v) is 34.9. The average Bonchev–Trinajstić information content (AvgIpc) is 3.49. The Morgan fingerprint density at radius 3 is 1.10 bits per heavy atom. The maximum Gasteiger partial charge on any atom is 0.249 e. The SMILES string of the molecule is CCCCCCCCC/C=C/CC/C=C/CC/C=C/CCCC(O)C(O)C(COC1OC(CO)C(O)C(O)C1O)NC(=O)C(O)CCCCCCCCCCCCCCCCCCCCCCCCCCCCCCCCCCCC. The summed E-state index contributed by atoms with van der Waals surface area (Å²) in [6.45, 7) is 3.47. The molecule has 0 aromatic heterocycles. The highest BCUT2D eigenvalue weighted by atomic mass is 16.7. The summed E-state index contributed by atoms with van der Waals surface area (Å²) in [4.78, 5) is 13.2. The van der Waals surface area contributed by atoms with Gasteiger partial charge in [-0.1, -0.05) is 307 Å². The molecule has 0 spiro atoms. The first-order chi connectivity index (χ1) is 39.7. The van der Waals surface area contributed by atoms with Gasteiger partial charge in [-0.15, -0.1) is 0 Å². The number of carbonyl (C=O) groups is 1. The maximum absolute atomic E-state index is 13.2. The van der Waals surface area contributed by atoms with E-state index >= 15 is 0 Å². The van der Waals surface area contributed by atoms with Crippen molar-refractivity contribution in [2.45, 2.75) is 390 Å². The highest BCUT2D eigenvalue weighted by Crippen LogP contribution is 2.24. The molecule has 11 nitrogen and oxygen atoms in total. The van der Waals surface area contributed by atoms with Gasteiger partial charge in [0.15, 0.2) is 6.29 Å². The molecule has 1 saturated heterocycles. The van der Waals surface area contributed by atoms with E-state index in [0.29, 0.717) is 19.3 Å². The molecule has 9 unspecified atom stereocenters. The standard InChI is InChI=1S/C70H133NO10/c1-3-5-7-9-11-13-15-17-19-21-23-25-26-27-28-29-30-31-32-33-34-35-36-37-38-40-42-44-46-48-50-52-54-56-58-63(74)69(79)71-61(60-80-70-68(78)67(77)66(76)64(59-72)81-70)65(75)62(73)57-55-53-51-49-47-45-43-41-39-24-22-20-18-16-14-12-10-8-6-4-2/h20,22,41,43,49,51,61-68,70,72-78H,3-19,21,23-40,42,44-48,50,52-60H2,1-2H3,(H,71,79)/b22-20+,43-41+,51-49+. The topological polar surface area (TPSA) is 189 Å². The fraction of sp³-hybridized carbons (Fsp3) is 0.900. The van der Waals surface area contributed by atoms with Crippen LogP contribution in [0.5, 0.6) is 0 Å². The van der Waals surface area contributed by atoms with Crippen molar-refractivity contribution >= 4 is 5.91 Å². The van der Waals surface area contributed by atoms with Crippen LogP contribution in [0.25, 0.3) is 0 Å². The molecule has 1 rings (SSSR count). The number of nitrogens with one attached hydrogen (secondary N) is 1. The summed E-state index contributed by atoms with van der Waals surface area (Å²) in [5.41, 5.74) is 0. The van der Waals surface area contributed by atoms with Crippen LogP contribution >= 0.6 is 0 Å². The number of hydrogen-bond acceptors (Lipinski definition) is 10. The number of carbonyl (C=O) groups excluding carboxylic acids is 1. The van der Waals surface area contributed by atoms with E-state index in [1.807, 2.05) is 0 Å². The second-order valence-electron chi connectivity index (χ2n) is 24.6. The number of amides is 1. The lowest BCUT2D eigenvalue weighted by Crippen LogP contribution is -2.60. The molecule has 0 radical (unpaired) electrons. The van der Waals surface area contributed by atoms with E-state index in [2.05, 4.69) is 55.6 Å². The van der Waals surface area contributed by atoms with Crippen molar-refractivity contribution < 1.29 is 50.0 Å². The average molecular weight is 1150 g/mol. The molecule has 8 N–H and O–H groups in total. The Labute approximate surface area is 498 Å². The van der Waals surface area contributed by atoms with Gasteiger partial charge in [0.05, 0.1) is 25.4 Å².